The number of ether oxygens (including phenoxy) is 1. The molecular weight excluding hydrogens is 262 g/mol. The molecule has 1 aromatic rings. The van der Waals surface area contributed by atoms with E-state index in [0.29, 0.717) is 12.5 Å². The first-order valence-corrected chi connectivity index (χ1v) is 7.15. The molecule has 1 N–H and O–H groups in total. The van der Waals surface area contributed by atoms with Crippen LogP contribution in [0.4, 0.5) is 4.79 Å². The summed E-state index contributed by atoms with van der Waals surface area (Å²) in [5.74, 6) is 0.549. The SMILES string of the molecule is COC(=O)NC1=NCC(c2ccccc2SC)N1C. The van der Waals surface area contributed by atoms with E-state index in [4.69, 9.17) is 0 Å². The van der Waals surface area contributed by atoms with E-state index in [1.165, 1.54) is 17.6 Å². The van der Waals surface area contributed by atoms with Gasteiger partial charge in [-0.3, -0.25) is 10.3 Å². The lowest BCUT2D eigenvalue weighted by Gasteiger charge is -2.24. The smallest absolute Gasteiger partial charge is 0.413 e. The van der Waals surface area contributed by atoms with E-state index in [0.717, 1.165) is 0 Å². The average molecular weight is 279 g/mol. The molecule has 19 heavy (non-hydrogen) atoms. The van der Waals surface area contributed by atoms with Crippen LogP contribution in [0.5, 0.6) is 0 Å². The van der Waals surface area contributed by atoms with Crippen molar-refractivity contribution in [2.45, 2.75) is 10.9 Å². The predicted molar refractivity (Wildman–Crippen MR) is 76.6 cm³/mol. The van der Waals surface area contributed by atoms with Crippen molar-refractivity contribution in [1.82, 2.24) is 10.2 Å². The molecule has 1 aliphatic heterocycles. The first-order valence-electron chi connectivity index (χ1n) is 5.92. The fourth-order valence-corrected chi connectivity index (χ4v) is 2.73. The van der Waals surface area contributed by atoms with E-state index in [2.05, 4.69) is 33.4 Å². The van der Waals surface area contributed by atoms with Gasteiger partial charge < -0.3 is 9.64 Å². The molecule has 1 aliphatic rings. The number of methoxy groups -OCH3 is 1. The first kappa shape index (κ1) is 13.7. The fraction of sp³-hybridized carbons (Fsp3) is 0.385. The Kier molecular flexibility index (Phi) is 4.31. The fourth-order valence-electron chi connectivity index (χ4n) is 2.07. The Morgan fingerprint density at radius 2 is 2.26 bits per heavy atom. The highest BCUT2D eigenvalue weighted by atomic mass is 32.2. The molecule has 0 fully saturated rings. The lowest BCUT2D eigenvalue weighted by atomic mass is 10.1. The summed E-state index contributed by atoms with van der Waals surface area (Å²) in [5.41, 5.74) is 1.22. The maximum Gasteiger partial charge on any atom is 0.413 e. The number of nitrogens with one attached hydrogen (secondary N) is 1. The van der Waals surface area contributed by atoms with Gasteiger partial charge in [0.25, 0.3) is 0 Å². The number of nitrogens with zero attached hydrogens (tertiary/aromatic N) is 2. The normalized spacial score (nSPS) is 18.2. The number of benzene rings is 1. The van der Waals surface area contributed by atoms with Crippen LogP contribution in [0.15, 0.2) is 34.2 Å². The second-order valence-electron chi connectivity index (χ2n) is 4.15. The summed E-state index contributed by atoms with van der Waals surface area (Å²) < 4.78 is 4.58. The van der Waals surface area contributed by atoms with Gasteiger partial charge in [-0.25, -0.2) is 4.79 Å². The van der Waals surface area contributed by atoms with Crippen LogP contribution < -0.4 is 5.32 Å². The molecule has 6 heteroatoms. The number of carbonyl (C=O) groups is 1. The molecule has 1 aromatic carbocycles. The van der Waals surface area contributed by atoms with Gasteiger partial charge in [0.15, 0.2) is 0 Å². The summed E-state index contributed by atoms with van der Waals surface area (Å²) in [7, 11) is 3.26. The van der Waals surface area contributed by atoms with Gasteiger partial charge in [0.2, 0.25) is 5.96 Å². The van der Waals surface area contributed by atoms with Gasteiger partial charge >= 0.3 is 6.09 Å². The van der Waals surface area contributed by atoms with E-state index < -0.39 is 6.09 Å². The molecule has 1 unspecified atom stereocenters. The Bertz CT molecular complexity index is 504. The summed E-state index contributed by atoms with van der Waals surface area (Å²) in [5, 5.41) is 2.62. The number of amides is 1. The number of aliphatic imine (C=N–C) groups is 1. The molecule has 0 saturated heterocycles. The standard InChI is InChI=1S/C13H17N3O2S/c1-16-10(8-14-12(16)15-13(17)18-2)9-6-4-5-7-11(9)19-3/h4-7,10H,8H2,1-3H3,(H,14,15,17). The van der Waals surface area contributed by atoms with Crippen molar-refractivity contribution in [3.63, 3.8) is 0 Å². The van der Waals surface area contributed by atoms with Gasteiger partial charge in [0, 0.05) is 11.9 Å². The van der Waals surface area contributed by atoms with Crippen molar-refractivity contribution in [2.24, 2.45) is 4.99 Å². The van der Waals surface area contributed by atoms with Crippen LogP contribution in [-0.2, 0) is 4.74 Å². The lowest BCUT2D eigenvalue weighted by Crippen LogP contribution is -2.40. The second-order valence-corrected chi connectivity index (χ2v) is 5.00. The van der Waals surface area contributed by atoms with Gasteiger partial charge in [0.1, 0.15) is 0 Å². The van der Waals surface area contributed by atoms with Crippen LogP contribution in [0.3, 0.4) is 0 Å². The molecule has 2 rings (SSSR count). The number of carbonyl (C=O) groups excluding carboxylic acids is 1. The minimum absolute atomic E-state index is 0.149. The minimum atomic E-state index is -0.496. The molecule has 0 aliphatic carbocycles. The highest BCUT2D eigenvalue weighted by Gasteiger charge is 2.28. The minimum Gasteiger partial charge on any atom is -0.453 e. The third kappa shape index (κ3) is 2.84. The van der Waals surface area contributed by atoms with Gasteiger partial charge in [-0.15, -0.1) is 11.8 Å². The maximum absolute atomic E-state index is 11.2. The van der Waals surface area contributed by atoms with Crippen LogP contribution >= 0.6 is 11.8 Å². The summed E-state index contributed by atoms with van der Waals surface area (Å²) >= 11 is 1.71. The number of thioether (sulfide) groups is 1. The highest BCUT2D eigenvalue weighted by Crippen LogP contribution is 2.31. The molecule has 1 heterocycles. The zero-order valence-corrected chi connectivity index (χ0v) is 12.0. The largest absolute Gasteiger partial charge is 0.453 e. The van der Waals surface area contributed by atoms with Crippen molar-refractivity contribution < 1.29 is 9.53 Å². The van der Waals surface area contributed by atoms with Gasteiger partial charge in [-0.2, -0.15) is 0 Å². The molecule has 0 spiro atoms. The van der Waals surface area contributed by atoms with Gasteiger partial charge in [0.05, 0.1) is 19.7 Å². The third-order valence-corrected chi connectivity index (χ3v) is 3.92. The molecule has 5 nitrogen and oxygen atoms in total. The molecule has 0 saturated carbocycles. The van der Waals surface area contributed by atoms with E-state index >= 15 is 0 Å². The van der Waals surface area contributed by atoms with E-state index in [1.54, 1.807) is 11.8 Å². The van der Waals surface area contributed by atoms with Crippen molar-refractivity contribution in [2.75, 3.05) is 27.0 Å². The van der Waals surface area contributed by atoms with Crippen molar-refractivity contribution >= 4 is 23.8 Å². The zero-order valence-electron chi connectivity index (χ0n) is 11.2. The number of likely N-dealkylation sites (N-methyl/N-ethyl adjacent to an activating group) is 1. The van der Waals surface area contributed by atoms with Gasteiger partial charge in [-0.05, 0) is 17.9 Å². The maximum atomic E-state index is 11.2. The van der Waals surface area contributed by atoms with Crippen molar-refractivity contribution in [1.29, 1.82) is 0 Å². The molecule has 1 amide bonds. The summed E-state index contributed by atoms with van der Waals surface area (Å²) in [6.45, 7) is 0.632. The summed E-state index contributed by atoms with van der Waals surface area (Å²) in [6.07, 6.45) is 1.56. The number of alkyl carbamates (subject to hydrolysis) is 1. The quantitative estimate of drug-likeness (QED) is 0.842. The Morgan fingerprint density at radius 1 is 1.53 bits per heavy atom. The highest BCUT2D eigenvalue weighted by molar-refractivity contribution is 7.98. The molecule has 0 radical (unpaired) electrons. The van der Waals surface area contributed by atoms with E-state index in [-0.39, 0.29) is 6.04 Å². The predicted octanol–water partition coefficient (Wildman–Crippen LogP) is 2.11. The van der Waals surface area contributed by atoms with Crippen LogP contribution in [-0.4, -0.2) is 43.9 Å². The van der Waals surface area contributed by atoms with Crippen LogP contribution in [0, 0.1) is 0 Å². The Morgan fingerprint density at radius 3 is 2.95 bits per heavy atom. The molecule has 102 valence electrons. The van der Waals surface area contributed by atoms with E-state index in [1.807, 2.05) is 24.1 Å². The van der Waals surface area contributed by atoms with Gasteiger partial charge in [-0.1, -0.05) is 18.2 Å². The zero-order chi connectivity index (χ0) is 13.8. The summed E-state index contributed by atoms with van der Waals surface area (Å²) in [6, 6.07) is 8.40. The van der Waals surface area contributed by atoms with Crippen LogP contribution in [0.25, 0.3) is 0 Å². The van der Waals surface area contributed by atoms with Crippen molar-refractivity contribution in [3.05, 3.63) is 29.8 Å². The molecule has 0 aromatic heterocycles. The number of guanidine groups is 1. The number of hydrogen-bond donors (Lipinski definition) is 1. The summed E-state index contributed by atoms with van der Waals surface area (Å²) in [4.78, 5) is 18.8. The number of rotatable bonds is 2. The third-order valence-electron chi connectivity index (χ3n) is 3.11. The van der Waals surface area contributed by atoms with Crippen molar-refractivity contribution in [3.8, 4) is 0 Å². The Hall–Kier alpha value is -1.69. The first-order chi connectivity index (χ1) is 9.17. The second kappa shape index (κ2) is 5.97. The number of hydrogen-bond acceptors (Lipinski definition) is 5. The Labute approximate surface area is 117 Å². The molecular formula is C13H17N3O2S. The van der Waals surface area contributed by atoms with E-state index in [9.17, 15) is 4.79 Å². The Balaban J connectivity index is 2.15. The van der Waals surface area contributed by atoms with Crippen LogP contribution in [0.1, 0.15) is 11.6 Å². The monoisotopic (exact) mass is 279 g/mol. The average Bonchev–Trinajstić information content (AvgIpc) is 2.80. The molecule has 1 atom stereocenters. The lowest BCUT2D eigenvalue weighted by molar-refractivity contribution is 0.175. The topological polar surface area (TPSA) is 53.9 Å². The molecule has 0 bridgehead atoms. The van der Waals surface area contributed by atoms with Crippen LogP contribution in [0.2, 0.25) is 0 Å².